The SMILES string of the molecule is CCOc1c(Br)cc(CNC(CCSC)C(=O)O)cc1OC. The van der Waals surface area contributed by atoms with Gasteiger partial charge in [-0.25, -0.2) is 0 Å². The minimum Gasteiger partial charge on any atom is -0.493 e. The number of hydrogen-bond donors (Lipinski definition) is 2. The summed E-state index contributed by atoms with van der Waals surface area (Å²) in [5.41, 5.74) is 0.933. The van der Waals surface area contributed by atoms with Crippen LogP contribution in [0.15, 0.2) is 16.6 Å². The van der Waals surface area contributed by atoms with Crippen LogP contribution in [0.4, 0.5) is 0 Å². The summed E-state index contributed by atoms with van der Waals surface area (Å²) in [6.45, 7) is 2.90. The number of hydrogen-bond acceptors (Lipinski definition) is 5. The van der Waals surface area contributed by atoms with E-state index in [2.05, 4.69) is 21.2 Å². The Labute approximate surface area is 143 Å². The molecule has 2 N–H and O–H groups in total. The fourth-order valence-corrected chi connectivity index (χ4v) is 3.02. The third-order valence-electron chi connectivity index (χ3n) is 3.04. The van der Waals surface area contributed by atoms with E-state index in [-0.39, 0.29) is 0 Å². The number of carboxylic acid groups (broad SMARTS) is 1. The van der Waals surface area contributed by atoms with Crippen LogP contribution >= 0.6 is 27.7 Å². The van der Waals surface area contributed by atoms with Gasteiger partial charge in [-0.1, -0.05) is 0 Å². The summed E-state index contributed by atoms with van der Waals surface area (Å²) >= 11 is 5.10. The van der Waals surface area contributed by atoms with Crippen molar-refractivity contribution in [3.63, 3.8) is 0 Å². The molecule has 7 heteroatoms. The third-order valence-corrected chi connectivity index (χ3v) is 4.27. The molecule has 0 spiro atoms. The highest BCUT2D eigenvalue weighted by molar-refractivity contribution is 9.10. The molecule has 0 aliphatic carbocycles. The monoisotopic (exact) mass is 391 g/mol. The van der Waals surface area contributed by atoms with E-state index in [9.17, 15) is 9.90 Å². The number of rotatable bonds is 10. The highest BCUT2D eigenvalue weighted by Gasteiger charge is 2.17. The highest BCUT2D eigenvalue weighted by atomic mass is 79.9. The number of aliphatic carboxylic acids is 1. The Balaban J connectivity index is 2.80. The van der Waals surface area contributed by atoms with Crippen LogP contribution in [0.3, 0.4) is 0 Å². The maximum Gasteiger partial charge on any atom is 0.320 e. The molecule has 0 amide bonds. The normalized spacial score (nSPS) is 12.0. The summed E-state index contributed by atoms with van der Waals surface area (Å²) in [6, 6.07) is 3.22. The van der Waals surface area contributed by atoms with Crippen LogP contribution in [-0.2, 0) is 11.3 Å². The first-order valence-electron chi connectivity index (χ1n) is 6.97. The molecule has 0 aliphatic rings. The van der Waals surface area contributed by atoms with Crippen LogP contribution in [0.5, 0.6) is 11.5 Å². The fourth-order valence-electron chi connectivity index (χ4n) is 1.95. The van der Waals surface area contributed by atoms with Crippen LogP contribution in [0.25, 0.3) is 0 Å². The Kier molecular flexibility index (Phi) is 8.67. The van der Waals surface area contributed by atoms with Gasteiger partial charge in [0.05, 0.1) is 18.2 Å². The molecule has 5 nitrogen and oxygen atoms in total. The number of nitrogens with one attached hydrogen (secondary N) is 1. The van der Waals surface area contributed by atoms with E-state index in [0.717, 1.165) is 15.8 Å². The summed E-state index contributed by atoms with van der Waals surface area (Å²) in [5, 5.41) is 12.3. The van der Waals surface area contributed by atoms with Crippen LogP contribution in [0.1, 0.15) is 18.9 Å². The van der Waals surface area contributed by atoms with E-state index in [1.165, 1.54) is 0 Å². The first-order valence-corrected chi connectivity index (χ1v) is 9.16. The van der Waals surface area contributed by atoms with Gasteiger partial charge in [-0.3, -0.25) is 4.79 Å². The van der Waals surface area contributed by atoms with Crippen LogP contribution in [-0.4, -0.2) is 42.8 Å². The topological polar surface area (TPSA) is 67.8 Å². The molecule has 0 saturated carbocycles. The largest absolute Gasteiger partial charge is 0.493 e. The molecular formula is C15H22BrNO4S. The second-order valence-electron chi connectivity index (χ2n) is 4.60. The Bertz CT molecular complexity index is 499. The van der Waals surface area contributed by atoms with E-state index in [1.807, 2.05) is 25.3 Å². The molecule has 1 atom stereocenters. The summed E-state index contributed by atoms with van der Waals surface area (Å²) < 4.78 is 11.7. The lowest BCUT2D eigenvalue weighted by molar-refractivity contribution is -0.139. The molecule has 0 radical (unpaired) electrons. The van der Waals surface area contributed by atoms with Crippen molar-refractivity contribution < 1.29 is 19.4 Å². The predicted molar refractivity (Wildman–Crippen MR) is 93.1 cm³/mol. The van der Waals surface area contributed by atoms with Gasteiger partial charge in [0.25, 0.3) is 0 Å². The number of halogens is 1. The maximum absolute atomic E-state index is 11.2. The second-order valence-corrected chi connectivity index (χ2v) is 6.44. The number of benzene rings is 1. The number of carbonyl (C=O) groups is 1. The molecule has 22 heavy (non-hydrogen) atoms. The average molecular weight is 392 g/mol. The summed E-state index contributed by atoms with van der Waals surface area (Å²) in [4.78, 5) is 11.2. The van der Waals surface area contributed by atoms with Crippen molar-refractivity contribution in [2.24, 2.45) is 0 Å². The number of methoxy groups -OCH3 is 1. The van der Waals surface area contributed by atoms with E-state index in [4.69, 9.17) is 9.47 Å². The van der Waals surface area contributed by atoms with Crippen LogP contribution in [0, 0.1) is 0 Å². The molecule has 0 fully saturated rings. The van der Waals surface area contributed by atoms with Gasteiger partial charge < -0.3 is 19.9 Å². The first kappa shape index (κ1) is 19.1. The Hall–Kier alpha value is -0.920. The molecule has 1 unspecified atom stereocenters. The van der Waals surface area contributed by atoms with Gasteiger partial charge in [0.2, 0.25) is 0 Å². The summed E-state index contributed by atoms with van der Waals surface area (Å²) in [6.07, 6.45) is 2.55. The lowest BCUT2D eigenvalue weighted by atomic mass is 10.1. The van der Waals surface area contributed by atoms with E-state index in [1.54, 1.807) is 18.9 Å². The quantitative estimate of drug-likeness (QED) is 0.638. The zero-order chi connectivity index (χ0) is 16.5. The summed E-state index contributed by atoms with van der Waals surface area (Å²) in [5.74, 6) is 1.27. The smallest absolute Gasteiger partial charge is 0.320 e. The van der Waals surface area contributed by atoms with Gasteiger partial charge >= 0.3 is 5.97 Å². The molecule has 0 bridgehead atoms. The van der Waals surface area contributed by atoms with Crippen LogP contribution < -0.4 is 14.8 Å². The predicted octanol–water partition coefficient (Wildman–Crippen LogP) is 3.15. The lowest BCUT2D eigenvalue weighted by Crippen LogP contribution is -2.36. The van der Waals surface area contributed by atoms with Crippen LogP contribution in [0.2, 0.25) is 0 Å². The van der Waals surface area contributed by atoms with Crippen molar-refractivity contribution in [1.82, 2.24) is 5.32 Å². The van der Waals surface area contributed by atoms with Crippen molar-refractivity contribution >= 4 is 33.7 Å². The summed E-state index contributed by atoms with van der Waals surface area (Å²) in [7, 11) is 1.58. The Morgan fingerprint density at radius 3 is 2.77 bits per heavy atom. The Morgan fingerprint density at radius 1 is 1.50 bits per heavy atom. The van der Waals surface area contributed by atoms with E-state index >= 15 is 0 Å². The van der Waals surface area contributed by atoms with Crippen molar-refractivity contribution in [3.8, 4) is 11.5 Å². The van der Waals surface area contributed by atoms with Gasteiger partial charge in [-0.2, -0.15) is 11.8 Å². The molecule has 1 aromatic carbocycles. The average Bonchev–Trinajstić information content (AvgIpc) is 2.49. The van der Waals surface area contributed by atoms with Crippen molar-refractivity contribution in [3.05, 3.63) is 22.2 Å². The molecule has 0 aromatic heterocycles. The number of thioether (sulfide) groups is 1. The lowest BCUT2D eigenvalue weighted by Gasteiger charge is -2.16. The second kappa shape index (κ2) is 9.97. The van der Waals surface area contributed by atoms with Gasteiger partial charge in [0, 0.05) is 6.54 Å². The minimum absolute atomic E-state index is 0.451. The van der Waals surface area contributed by atoms with Crippen molar-refractivity contribution in [2.75, 3.05) is 25.7 Å². The zero-order valence-corrected chi connectivity index (χ0v) is 15.4. The zero-order valence-electron chi connectivity index (χ0n) is 13.0. The minimum atomic E-state index is -0.828. The first-order chi connectivity index (χ1) is 10.5. The molecule has 0 saturated heterocycles. The fraction of sp³-hybridized carbons (Fsp3) is 0.533. The standard InChI is InChI=1S/C15H22BrNO4S/c1-4-21-14-11(16)7-10(8-13(14)20-2)9-17-12(15(18)19)5-6-22-3/h7-8,12,17H,4-6,9H2,1-3H3,(H,18,19). The van der Waals surface area contributed by atoms with Gasteiger partial charge in [-0.05, 0) is 59.0 Å². The van der Waals surface area contributed by atoms with Crippen molar-refractivity contribution in [1.29, 1.82) is 0 Å². The number of carboxylic acids is 1. The maximum atomic E-state index is 11.2. The van der Waals surface area contributed by atoms with Crippen molar-refractivity contribution in [2.45, 2.75) is 25.9 Å². The Morgan fingerprint density at radius 2 is 2.23 bits per heavy atom. The highest BCUT2D eigenvalue weighted by Crippen LogP contribution is 2.36. The van der Waals surface area contributed by atoms with Gasteiger partial charge in [0.1, 0.15) is 6.04 Å². The molecule has 0 aliphatic heterocycles. The third kappa shape index (κ3) is 5.70. The van der Waals surface area contributed by atoms with Gasteiger partial charge in [-0.15, -0.1) is 0 Å². The molecule has 1 rings (SSSR count). The molecule has 1 aromatic rings. The molecule has 0 heterocycles. The van der Waals surface area contributed by atoms with Gasteiger partial charge in [0.15, 0.2) is 11.5 Å². The van der Waals surface area contributed by atoms with E-state index in [0.29, 0.717) is 31.1 Å². The molecule has 124 valence electrons. The number of ether oxygens (including phenoxy) is 2. The van der Waals surface area contributed by atoms with E-state index < -0.39 is 12.0 Å². The molecular weight excluding hydrogens is 370 g/mol.